The minimum atomic E-state index is 0.188. The predicted molar refractivity (Wildman–Crippen MR) is 81.7 cm³/mol. The molecule has 0 amide bonds. The summed E-state index contributed by atoms with van der Waals surface area (Å²) < 4.78 is 7.84. The molecule has 3 rings (SSSR count). The third-order valence-electron chi connectivity index (χ3n) is 3.49. The van der Waals surface area contributed by atoms with Crippen LogP contribution in [0.25, 0.3) is 10.9 Å². The highest BCUT2D eigenvalue weighted by Crippen LogP contribution is 2.25. The summed E-state index contributed by atoms with van der Waals surface area (Å²) in [6.45, 7) is 3.26. The first-order valence-electron chi connectivity index (χ1n) is 6.90. The molecule has 2 N–H and O–H groups in total. The molecule has 0 spiro atoms. The third kappa shape index (κ3) is 2.65. The minimum absolute atomic E-state index is 0.188. The maximum Gasteiger partial charge on any atom is 0.128 e. The normalized spacial score (nSPS) is 10.9. The molecular formula is C17H17NO3. The minimum Gasteiger partial charge on any atom is -0.508 e. The van der Waals surface area contributed by atoms with E-state index in [0.717, 1.165) is 23.1 Å². The van der Waals surface area contributed by atoms with E-state index in [1.54, 1.807) is 30.3 Å². The van der Waals surface area contributed by atoms with Crippen molar-refractivity contribution in [2.75, 3.05) is 0 Å². The number of benzene rings is 2. The van der Waals surface area contributed by atoms with Gasteiger partial charge >= 0.3 is 0 Å². The SMILES string of the molecule is CCn1c(COc2cccc(O)c2)cc2ccc(O)cc21. The van der Waals surface area contributed by atoms with Gasteiger partial charge in [0.25, 0.3) is 0 Å². The van der Waals surface area contributed by atoms with Crippen molar-refractivity contribution in [3.63, 3.8) is 0 Å². The quantitative estimate of drug-likeness (QED) is 0.768. The van der Waals surface area contributed by atoms with Crippen LogP contribution in [0.1, 0.15) is 12.6 Å². The number of aromatic hydroxyl groups is 2. The second-order valence-electron chi connectivity index (χ2n) is 4.91. The highest BCUT2D eigenvalue weighted by molar-refractivity contribution is 5.82. The van der Waals surface area contributed by atoms with Crippen molar-refractivity contribution < 1.29 is 14.9 Å². The molecule has 21 heavy (non-hydrogen) atoms. The molecule has 2 aromatic carbocycles. The van der Waals surface area contributed by atoms with Crippen molar-refractivity contribution in [1.29, 1.82) is 0 Å². The first-order chi connectivity index (χ1) is 10.2. The summed E-state index contributed by atoms with van der Waals surface area (Å²) >= 11 is 0. The number of fused-ring (bicyclic) bond motifs is 1. The van der Waals surface area contributed by atoms with Gasteiger partial charge < -0.3 is 19.5 Å². The van der Waals surface area contributed by atoms with E-state index in [1.165, 1.54) is 0 Å². The van der Waals surface area contributed by atoms with Gasteiger partial charge in [-0.3, -0.25) is 0 Å². The smallest absolute Gasteiger partial charge is 0.128 e. The molecule has 0 fully saturated rings. The fourth-order valence-corrected chi connectivity index (χ4v) is 2.52. The molecule has 3 aromatic rings. The molecule has 0 atom stereocenters. The second-order valence-corrected chi connectivity index (χ2v) is 4.91. The Morgan fingerprint density at radius 2 is 1.81 bits per heavy atom. The van der Waals surface area contributed by atoms with Crippen LogP contribution in [0, 0.1) is 0 Å². The van der Waals surface area contributed by atoms with E-state index >= 15 is 0 Å². The van der Waals surface area contributed by atoms with Gasteiger partial charge in [-0.25, -0.2) is 0 Å². The monoisotopic (exact) mass is 283 g/mol. The Labute approximate surface area is 122 Å². The number of nitrogens with zero attached hydrogens (tertiary/aromatic N) is 1. The number of hydrogen-bond donors (Lipinski definition) is 2. The summed E-state index contributed by atoms with van der Waals surface area (Å²) in [5, 5.41) is 20.1. The molecule has 4 nitrogen and oxygen atoms in total. The standard InChI is InChI=1S/C17H17NO3/c1-2-18-13(8-12-6-7-15(20)10-17(12)18)11-21-16-5-3-4-14(19)9-16/h3-10,19-20H,2,11H2,1H3. The van der Waals surface area contributed by atoms with Crippen molar-refractivity contribution in [3.8, 4) is 17.2 Å². The Hall–Kier alpha value is -2.62. The average Bonchev–Trinajstić information content (AvgIpc) is 2.82. The second kappa shape index (κ2) is 5.40. The Bertz CT molecular complexity index is 777. The van der Waals surface area contributed by atoms with E-state index in [4.69, 9.17) is 4.74 Å². The molecule has 0 unspecified atom stereocenters. The van der Waals surface area contributed by atoms with E-state index in [0.29, 0.717) is 12.4 Å². The zero-order valence-corrected chi connectivity index (χ0v) is 11.8. The van der Waals surface area contributed by atoms with Crippen molar-refractivity contribution in [3.05, 3.63) is 54.2 Å². The summed E-state index contributed by atoms with van der Waals surface area (Å²) in [7, 11) is 0. The zero-order chi connectivity index (χ0) is 14.8. The lowest BCUT2D eigenvalue weighted by Gasteiger charge is -2.10. The van der Waals surface area contributed by atoms with Crippen LogP contribution in [0.15, 0.2) is 48.5 Å². The summed E-state index contributed by atoms with van der Waals surface area (Å²) in [6.07, 6.45) is 0. The Morgan fingerprint density at radius 3 is 2.57 bits per heavy atom. The molecule has 1 heterocycles. The largest absolute Gasteiger partial charge is 0.508 e. The van der Waals surface area contributed by atoms with E-state index in [2.05, 4.69) is 17.6 Å². The number of aryl methyl sites for hydroxylation is 1. The molecule has 0 aliphatic carbocycles. The highest BCUT2D eigenvalue weighted by Gasteiger charge is 2.09. The third-order valence-corrected chi connectivity index (χ3v) is 3.49. The molecule has 4 heteroatoms. The van der Waals surface area contributed by atoms with Gasteiger partial charge in [0, 0.05) is 24.1 Å². The maximum atomic E-state index is 9.63. The van der Waals surface area contributed by atoms with E-state index in [1.807, 2.05) is 12.1 Å². The zero-order valence-electron chi connectivity index (χ0n) is 11.8. The van der Waals surface area contributed by atoms with E-state index in [9.17, 15) is 10.2 Å². The van der Waals surface area contributed by atoms with Crippen LogP contribution in [0.4, 0.5) is 0 Å². The number of rotatable bonds is 4. The Morgan fingerprint density at radius 1 is 1.00 bits per heavy atom. The molecule has 108 valence electrons. The highest BCUT2D eigenvalue weighted by atomic mass is 16.5. The molecule has 0 aliphatic heterocycles. The van der Waals surface area contributed by atoms with Crippen molar-refractivity contribution in [2.24, 2.45) is 0 Å². The summed E-state index contributed by atoms with van der Waals surface area (Å²) in [6, 6.07) is 14.2. The van der Waals surface area contributed by atoms with Gasteiger partial charge in [0.15, 0.2) is 0 Å². The van der Waals surface area contributed by atoms with Crippen molar-refractivity contribution in [2.45, 2.75) is 20.1 Å². The molecule has 0 saturated heterocycles. The van der Waals surface area contributed by atoms with Crippen LogP contribution in [0.3, 0.4) is 0 Å². The van der Waals surface area contributed by atoms with Crippen molar-refractivity contribution >= 4 is 10.9 Å². The summed E-state index contributed by atoms with van der Waals surface area (Å²) in [4.78, 5) is 0. The molecular weight excluding hydrogens is 266 g/mol. The van der Waals surface area contributed by atoms with Crippen LogP contribution < -0.4 is 4.74 Å². The van der Waals surface area contributed by atoms with Gasteiger partial charge in [-0.2, -0.15) is 0 Å². The Balaban J connectivity index is 1.90. The van der Waals surface area contributed by atoms with Crippen LogP contribution >= 0.6 is 0 Å². The number of hydrogen-bond acceptors (Lipinski definition) is 3. The average molecular weight is 283 g/mol. The predicted octanol–water partition coefficient (Wildman–Crippen LogP) is 3.65. The molecule has 0 saturated carbocycles. The maximum absolute atomic E-state index is 9.63. The molecule has 0 radical (unpaired) electrons. The van der Waals surface area contributed by atoms with Crippen LogP contribution in [0.5, 0.6) is 17.2 Å². The lowest BCUT2D eigenvalue weighted by Crippen LogP contribution is -2.04. The van der Waals surface area contributed by atoms with Crippen LogP contribution in [0.2, 0.25) is 0 Å². The molecule has 0 bridgehead atoms. The molecule has 1 aromatic heterocycles. The Kier molecular flexibility index (Phi) is 3.44. The topological polar surface area (TPSA) is 54.6 Å². The lowest BCUT2D eigenvalue weighted by atomic mass is 10.2. The number of phenolic OH excluding ortho intramolecular Hbond substituents is 2. The van der Waals surface area contributed by atoms with Gasteiger partial charge in [0.2, 0.25) is 0 Å². The first-order valence-corrected chi connectivity index (χ1v) is 6.90. The van der Waals surface area contributed by atoms with Crippen LogP contribution in [-0.4, -0.2) is 14.8 Å². The van der Waals surface area contributed by atoms with E-state index < -0.39 is 0 Å². The number of aromatic nitrogens is 1. The molecule has 0 aliphatic rings. The van der Waals surface area contributed by atoms with Gasteiger partial charge in [-0.15, -0.1) is 0 Å². The van der Waals surface area contributed by atoms with Gasteiger partial charge in [0.05, 0.1) is 11.2 Å². The lowest BCUT2D eigenvalue weighted by molar-refractivity contribution is 0.294. The summed E-state index contributed by atoms with van der Waals surface area (Å²) in [5.74, 6) is 1.08. The fourth-order valence-electron chi connectivity index (χ4n) is 2.52. The fraction of sp³-hybridized carbons (Fsp3) is 0.176. The summed E-state index contributed by atoms with van der Waals surface area (Å²) in [5.41, 5.74) is 2.02. The van der Waals surface area contributed by atoms with E-state index in [-0.39, 0.29) is 11.5 Å². The van der Waals surface area contributed by atoms with Gasteiger partial charge in [0.1, 0.15) is 23.9 Å². The van der Waals surface area contributed by atoms with Gasteiger partial charge in [-0.1, -0.05) is 6.07 Å². The number of phenols is 2. The first kappa shape index (κ1) is 13.4. The van der Waals surface area contributed by atoms with Crippen LogP contribution in [-0.2, 0) is 13.2 Å². The van der Waals surface area contributed by atoms with Crippen molar-refractivity contribution in [1.82, 2.24) is 4.57 Å². The number of ether oxygens (including phenoxy) is 1. The van der Waals surface area contributed by atoms with Gasteiger partial charge in [-0.05, 0) is 37.3 Å².